The Hall–Kier alpha value is -3.82. The highest BCUT2D eigenvalue weighted by Gasteiger charge is 2.30. The van der Waals surface area contributed by atoms with Gasteiger partial charge in [-0.25, -0.2) is 0 Å². The zero-order valence-electron chi connectivity index (χ0n) is 16.3. The molecule has 7 nitrogen and oxygen atoms in total. The summed E-state index contributed by atoms with van der Waals surface area (Å²) in [6, 6.07) is 10.7. The minimum absolute atomic E-state index is 0.161. The molecule has 0 radical (unpaired) electrons. The summed E-state index contributed by atoms with van der Waals surface area (Å²) in [5.74, 6) is -1.69. The third kappa shape index (κ3) is 5.41. The molecule has 1 heterocycles. The van der Waals surface area contributed by atoms with Crippen molar-refractivity contribution in [3.63, 3.8) is 0 Å². The zero-order chi connectivity index (χ0) is 22.6. The fraction of sp³-hybridized carbons (Fsp3) is 0.190. The Balaban J connectivity index is 1.78. The average molecular weight is 433 g/mol. The molecule has 2 aromatic carbocycles. The molecule has 0 spiro atoms. The lowest BCUT2D eigenvalue weighted by atomic mass is 10.2. The highest BCUT2D eigenvalue weighted by molar-refractivity contribution is 6.10. The van der Waals surface area contributed by atoms with E-state index in [1.807, 2.05) is 0 Å². The van der Waals surface area contributed by atoms with E-state index in [9.17, 15) is 27.6 Å². The van der Waals surface area contributed by atoms with Crippen LogP contribution in [0.1, 0.15) is 12.0 Å². The smallest absolute Gasteiger partial charge is 0.416 e. The van der Waals surface area contributed by atoms with E-state index >= 15 is 0 Å². The van der Waals surface area contributed by atoms with Crippen LogP contribution in [0.5, 0.6) is 0 Å². The minimum atomic E-state index is -4.48. The Labute approximate surface area is 175 Å². The number of fused-ring (bicyclic) bond motifs is 1. The molecule has 0 atom stereocenters. The van der Waals surface area contributed by atoms with Crippen molar-refractivity contribution in [1.29, 1.82) is 0 Å². The third-order valence-corrected chi connectivity index (χ3v) is 4.41. The fourth-order valence-corrected chi connectivity index (χ4v) is 2.94. The van der Waals surface area contributed by atoms with Gasteiger partial charge in [0.1, 0.15) is 6.54 Å². The number of hydrogen-bond donors (Lipinski definition) is 2. The van der Waals surface area contributed by atoms with Crippen LogP contribution < -0.4 is 15.5 Å². The number of para-hydroxylation sites is 2. The van der Waals surface area contributed by atoms with Gasteiger partial charge in [-0.2, -0.15) is 13.2 Å². The SMILES string of the molecule is COC(=O)CC1=CC(=O)N(CC(=O)Nc2ccc(C(F)(F)F)cc2)c2ccccc2N1. The van der Waals surface area contributed by atoms with Crippen LogP contribution in [0.4, 0.5) is 30.2 Å². The molecule has 1 aliphatic heterocycles. The van der Waals surface area contributed by atoms with Crippen LogP contribution in [-0.4, -0.2) is 31.4 Å². The fourth-order valence-electron chi connectivity index (χ4n) is 2.94. The van der Waals surface area contributed by atoms with Gasteiger partial charge in [0.2, 0.25) is 5.91 Å². The summed E-state index contributed by atoms with van der Waals surface area (Å²) in [6.45, 7) is -0.388. The minimum Gasteiger partial charge on any atom is -0.469 e. The van der Waals surface area contributed by atoms with Crippen molar-refractivity contribution in [2.45, 2.75) is 12.6 Å². The number of alkyl halides is 3. The number of carbonyl (C=O) groups excluding carboxylic acids is 3. The molecule has 0 aliphatic carbocycles. The molecular formula is C21H18F3N3O4. The van der Waals surface area contributed by atoms with E-state index < -0.39 is 29.5 Å². The van der Waals surface area contributed by atoms with Crippen LogP contribution in [-0.2, 0) is 25.3 Å². The summed E-state index contributed by atoms with van der Waals surface area (Å²) in [7, 11) is 1.23. The number of anilines is 3. The molecule has 1 aliphatic rings. The number of carbonyl (C=O) groups is 3. The standard InChI is InChI=1S/C21H18F3N3O4/c1-31-20(30)11-15-10-19(29)27(17-5-3-2-4-16(17)25-15)12-18(28)26-14-8-6-13(7-9-14)21(22,23)24/h2-10,25H,11-12H2,1H3,(H,26,28). The molecule has 0 saturated heterocycles. The first-order valence-electron chi connectivity index (χ1n) is 9.09. The topological polar surface area (TPSA) is 87.7 Å². The van der Waals surface area contributed by atoms with Crippen LogP contribution in [0.25, 0.3) is 0 Å². The molecule has 2 N–H and O–H groups in total. The van der Waals surface area contributed by atoms with Crippen molar-refractivity contribution in [3.8, 4) is 0 Å². The van der Waals surface area contributed by atoms with Gasteiger partial charge in [-0.3, -0.25) is 19.3 Å². The van der Waals surface area contributed by atoms with Crippen LogP contribution in [0.15, 0.2) is 60.3 Å². The number of nitrogens with one attached hydrogen (secondary N) is 2. The number of ether oxygens (including phenoxy) is 1. The van der Waals surface area contributed by atoms with Crippen LogP contribution in [0.3, 0.4) is 0 Å². The first-order chi connectivity index (χ1) is 14.7. The van der Waals surface area contributed by atoms with Gasteiger partial charge < -0.3 is 15.4 Å². The van der Waals surface area contributed by atoms with E-state index in [1.54, 1.807) is 24.3 Å². The van der Waals surface area contributed by atoms with E-state index in [0.29, 0.717) is 17.1 Å². The van der Waals surface area contributed by atoms with Crippen molar-refractivity contribution in [2.24, 2.45) is 0 Å². The molecule has 10 heteroatoms. The molecule has 0 saturated carbocycles. The van der Waals surface area contributed by atoms with Crippen LogP contribution >= 0.6 is 0 Å². The molecule has 0 unspecified atom stereocenters. The molecule has 2 amide bonds. The summed E-state index contributed by atoms with van der Waals surface area (Å²) in [4.78, 5) is 38.0. The second kappa shape index (κ2) is 8.90. The van der Waals surface area contributed by atoms with Crippen LogP contribution in [0.2, 0.25) is 0 Å². The highest BCUT2D eigenvalue weighted by Crippen LogP contribution is 2.31. The quantitative estimate of drug-likeness (QED) is 0.705. The largest absolute Gasteiger partial charge is 0.469 e. The summed E-state index contributed by atoms with van der Waals surface area (Å²) in [5.41, 5.74) is 0.539. The van der Waals surface area contributed by atoms with Gasteiger partial charge in [0, 0.05) is 17.5 Å². The summed E-state index contributed by atoms with van der Waals surface area (Å²) in [6.07, 6.45) is -3.45. The molecule has 0 bridgehead atoms. The predicted octanol–water partition coefficient (Wildman–Crippen LogP) is 3.55. The lowest BCUT2D eigenvalue weighted by Gasteiger charge is -2.21. The number of methoxy groups -OCH3 is 1. The summed E-state index contributed by atoms with van der Waals surface area (Å²) < 4.78 is 42.7. The van der Waals surface area contributed by atoms with Gasteiger partial charge in [0.25, 0.3) is 5.91 Å². The Morgan fingerprint density at radius 3 is 2.42 bits per heavy atom. The zero-order valence-corrected chi connectivity index (χ0v) is 16.3. The van der Waals surface area contributed by atoms with Crippen LogP contribution in [0, 0.1) is 0 Å². The van der Waals surface area contributed by atoms with Gasteiger partial charge in [-0.15, -0.1) is 0 Å². The van der Waals surface area contributed by atoms with Gasteiger partial charge >= 0.3 is 12.1 Å². The second-order valence-electron chi connectivity index (χ2n) is 6.61. The lowest BCUT2D eigenvalue weighted by Crippen LogP contribution is -2.37. The third-order valence-electron chi connectivity index (χ3n) is 4.41. The number of esters is 1. The number of amides is 2. The second-order valence-corrected chi connectivity index (χ2v) is 6.61. The maximum Gasteiger partial charge on any atom is 0.416 e. The maximum atomic E-state index is 12.8. The molecule has 3 rings (SSSR count). The predicted molar refractivity (Wildman–Crippen MR) is 107 cm³/mol. The highest BCUT2D eigenvalue weighted by atomic mass is 19.4. The van der Waals surface area contributed by atoms with Crippen molar-refractivity contribution in [1.82, 2.24) is 0 Å². The van der Waals surface area contributed by atoms with Gasteiger partial charge in [-0.1, -0.05) is 12.1 Å². The van der Waals surface area contributed by atoms with E-state index in [-0.39, 0.29) is 18.7 Å². The van der Waals surface area contributed by atoms with E-state index in [1.165, 1.54) is 18.1 Å². The van der Waals surface area contributed by atoms with Crippen molar-refractivity contribution >= 4 is 34.8 Å². The molecular weight excluding hydrogens is 415 g/mol. The first kappa shape index (κ1) is 21.9. The maximum absolute atomic E-state index is 12.8. The molecule has 0 fully saturated rings. The number of halogens is 3. The van der Waals surface area contributed by atoms with Gasteiger partial charge in [-0.05, 0) is 36.4 Å². The molecule has 2 aromatic rings. The van der Waals surface area contributed by atoms with Crippen molar-refractivity contribution in [2.75, 3.05) is 29.2 Å². The Kier molecular flexibility index (Phi) is 6.28. The van der Waals surface area contributed by atoms with E-state index in [2.05, 4.69) is 15.4 Å². The number of benzene rings is 2. The van der Waals surface area contributed by atoms with Gasteiger partial charge in [0.15, 0.2) is 0 Å². The Morgan fingerprint density at radius 2 is 1.77 bits per heavy atom. The van der Waals surface area contributed by atoms with Crippen molar-refractivity contribution in [3.05, 3.63) is 65.9 Å². The lowest BCUT2D eigenvalue weighted by molar-refractivity contribution is -0.140. The summed E-state index contributed by atoms with van der Waals surface area (Å²) >= 11 is 0. The van der Waals surface area contributed by atoms with Gasteiger partial charge in [0.05, 0.1) is 30.5 Å². The molecule has 0 aromatic heterocycles. The van der Waals surface area contributed by atoms with E-state index in [0.717, 1.165) is 24.3 Å². The first-order valence-corrected chi connectivity index (χ1v) is 9.09. The Bertz CT molecular complexity index is 1030. The monoisotopic (exact) mass is 433 g/mol. The number of hydrogen-bond acceptors (Lipinski definition) is 5. The molecule has 31 heavy (non-hydrogen) atoms. The van der Waals surface area contributed by atoms with Crippen molar-refractivity contribution < 1.29 is 32.3 Å². The normalized spacial score (nSPS) is 13.5. The Morgan fingerprint density at radius 1 is 1.10 bits per heavy atom. The van der Waals surface area contributed by atoms with E-state index in [4.69, 9.17) is 0 Å². The number of nitrogens with zero attached hydrogens (tertiary/aromatic N) is 1. The molecule has 162 valence electrons. The number of rotatable bonds is 5. The average Bonchev–Trinajstić information content (AvgIpc) is 2.84. The summed E-state index contributed by atoms with van der Waals surface area (Å²) in [5, 5.41) is 5.46.